The molecule has 2 aromatic heterocycles. The number of pyridine rings is 1. The van der Waals surface area contributed by atoms with Gasteiger partial charge in [-0.15, -0.1) is 0 Å². The number of amides is 2. The minimum Gasteiger partial charge on any atom is -0.335 e. The number of nitrogens with zero attached hydrogens (tertiary/aromatic N) is 6. The highest BCUT2D eigenvalue weighted by molar-refractivity contribution is 5.92. The molecular weight excluding hydrogens is 440 g/mol. The molecule has 8 heteroatoms. The fourth-order valence-electron chi connectivity index (χ4n) is 5.46. The van der Waals surface area contributed by atoms with Gasteiger partial charge in [0, 0.05) is 75.7 Å². The monoisotopic (exact) mass is 472 g/mol. The lowest BCUT2D eigenvalue weighted by molar-refractivity contribution is -0.133. The first-order chi connectivity index (χ1) is 17.1. The number of hydrogen-bond donors (Lipinski definition) is 0. The van der Waals surface area contributed by atoms with E-state index in [-0.39, 0.29) is 24.4 Å². The molecule has 3 aromatic rings. The zero-order valence-corrected chi connectivity index (χ0v) is 20.2. The molecule has 5 rings (SSSR count). The van der Waals surface area contributed by atoms with Crippen LogP contribution in [0.2, 0.25) is 0 Å². The molecule has 2 bridgehead atoms. The van der Waals surface area contributed by atoms with Crippen molar-refractivity contribution in [2.45, 2.75) is 57.9 Å². The lowest BCUT2D eigenvalue weighted by Gasteiger charge is -2.34. The van der Waals surface area contributed by atoms with Crippen LogP contribution in [-0.4, -0.2) is 61.3 Å². The van der Waals surface area contributed by atoms with Crippen LogP contribution in [0.25, 0.3) is 0 Å². The normalized spacial score (nSPS) is 20.8. The molecule has 182 valence electrons. The Balaban J connectivity index is 1.49. The molecule has 2 aliphatic rings. The van der Waals surface area contributed by atoms with Gasteiger partial charge < -0.3 is 14.4 Å². The second-order valence-electron chi connectivity index (χ2n) is 9.51. The van der Waals surface area contributed by atoms with Crippen LogP contribution < -0.4 is 4.90 Å². The van der Waals surface area contributed by atoms with Gasteiger partial charge in [0.15, 0.2) is 0 Å². The van der Waals surface area contributed by atoms with E-state index in [4.69, 9.17) is 0 Å². The third-order valence-corrected chi connectivity index (χ3v) is 7.26. The van der Waals surface area contributed by atoms with E-state index in [2.05, 4.69) is 27.0 Å². The first kappa shape index (κ1) is 23.2. The van der Waals surface area contributed by atoms with E-state index in [9.17, 15) is 9.59 Å². The Bertz CT molecular complexity index is 1150. The number of imidazole rings is 1. The van der Waals surface area contributed by atoms with Gasteiger partial charge in [-0.1, -0.05) is 18.2 Å². The third kappa shape index (κ3) is 5.27. The standard InChI is InChI=1S/C27H32N6O2/c1-21(34)32-14-10-24-6-7-25(33(24)16-22-8-11-28-12-9-22)18-31(17-23-4-2-3-5-26(23)32)27(35)19-30-15-13-29-20-30/h2-5,8-9,11-13,15,20,24-25H,6-7,10,14,16-19H2,1H3/t24-,25+/m1/s1. The summed E-state index contributed by atoms with van der Waals surface area (Å²) < 4.78 is 1.81. The molecule has 0 radical (unpaired) electrons. The molecule has 4 heterocycles. The number of fused-ring (bicyclic) bond motifs is 3. The molecule has 2 aliphatic heterocycles. The van der Waals surface area contributed by atoms with Crippen LogP contribution in [0.3, 0.4) is 0 Å². The van der Waals surface area contributed by atoms with E-state index in [0.29, 0.717) is 25.7 Å². The van der Waals surface area contributed by atoms with E-state index >= 15 is 0 Å². The van der Waals surface area contributed by atoms with Gasteiger partial charge in [0.05, 0.1) is 6.33 Å². The number of carbonyl (C=O) groups excluding carboxylic acids is 2. The van der Waals surface area contributed by atoms with Crippen LogP contribution in [0, 0.1) is 0 Å². The Kier molecular flexibility index (Phi) is 6.90. The fourth-order valence-corrected chi connectivity index (χ4v) is 5.46. The minimum absolute atomic E-state index is 0.0308. The van der Waals surface area contributed by atoms with Gasteiger partial charge in [-0.05, 0) is 48.6 Å². The zero-order chi connectivity index (χ0) is 24.2. The van der Waals surface area contributed by atoms with Crippen molar-refractivity contribution in [1.29, 1.82) is 0 Å². The van der Waals surface area contributed by atoms with E-state index in [1.54, 1.807) is 19.4 Å². The summed E-state index contributed by atoms with van der Waals surface area (Å²) in [6.07, 6.45) is 11.8. The van der Waals surface area contributed by atoms with Crippen molar-refractivity contribution in [3.63, 3.8) is 0 Å². The molecule has 0 N–H and O–H groups in total. The number of benzene rings is 1. The molecule has 35 heavy (non-hydrogen) atoms. The van der Waals surface area contributed by atoms with Crippen LogP contribution in [0.5, 0.6) is 0 Å². The first-order valence-electron chi connectivity index (χ1n) is 12.3. The van der Waals surface area contributed by atoms with Crippen molar-refractivity contribution in [3.05, 3.63) is 78.6 Å². The summed E-state index contributed by atoms with van der Waals surface area (Å²) in [5, 5.41) is 0. The molecule has 1 fully saturated rings. The number of aromatic nitrogens is 3. The average molecular weight is 473 g/mol. The average Bonchev–Trinajstić information content (AvgIpc) is 3.49. The Morgan fingerprint density at radius 2 is 1.77 bits per heavy atom. The maximum absolute atomic E-state index is 13.5. The molecule has 2 amide bonds. The van der Waals surface area contributed by atoms with Gasteiger partial charge >= 0.3 is 0 Å². The quantitative estimate of drug-likeness (QED) is 0.583. The summed E-state index contributed by atoms with van der Waals surface area (Å²) in [6, 6.07) is 12.7. The van der Waals surface area contributed by atoms with Gasteiger partial charge in [0.1, 0.15) is 6.54 Å². The van der Waals surface area contributed by atoms with Gasteiger partial charge in [-0.3, -0.25) is 19.5 Å². The van der Waals surface area contributed by atoms with Gasteiger partial charge in [-0.2, -0.15) is 0 Å². The third-order valence-electron chi connectivity index (χ3n) is 7.26. The summed E-state index contributed by atoms with van der Waals surface area (Å²) in [6.45, 7) is 4.49. The maximum Gasteiger partial charge on any atom is 0.242 e. The highest BCUT2D eigenvalue weighted by Crippen LogP contribution is 2.32. The second kappa shape index (κ2) is 10.4. The summed E-state index contributed by atoms with van der Waals surface area (Å²) in [5.41, 5.74) is 3.12. The topological polar surface area (TPSA) is 74.6 Å². The largest absolute Gasteiger partial charge is 0.335 e. The molecule has 0 spiro atoms. The van der Waals surface area contributed by atoms with Crippen molar-refractivity contribution < 1.29 is 9.59 Å². The molecule has 2 atom stereocenters. The summed E-state index contributed by atoms with van der Waals surface area (Å²) >= 11 is 0. The SMILES string of the molecule is CC(=O)N1CC[C@H]2CC[C@@H](CN(C(=O)Cn3ccnc3)Cc3ccccc31)N2Cc1ccncc1. The van der Waals surface area contributed by atoms with Crippen LogP contribution in [-0.2, 0) is 29.2 Å². The Labute approximate surface area is 206 Å². The predicted molar refractivity (Wildman–Crippen MR) is 133 cm³/mol. The molecular formula is C27H32N6O2. The van der Waals surface area contributed by atoms with Crippen LogP contribution in [0.1, 0.15) is 37.3 Å². The van der Waals surface area contributed by atoms with E-state index < -0.39 is 0 Å². The lowest BCUT2D eigenvalue weighted by atomic mass is 10.1. The number of hydrogen-bond acceptors (Lipinski definition) is 5. The summed E-state index contributed by atoms with van der Waals surface area (Å²) in [7, 11) is 0. The van der Waals surface area contributed by atoms with Crippen molar-refractivity contribution in [1.82, 2.24) is 24.3 Å². The highest BCUT2D eigenvalue weighted by atomic mass is 16.2. The Hall–Kier alpha value is -3.52. The van der Waals surface area contributed by atoms with Crippen LogP contribution in [0.4, 0.5) is 5.69 Å². The Morgan fingerprint density at radius 1 is 0.971 bits per heavy atom. The van der Waals surface area contributed by atoms with Crippen LogP contribution >= 0.6 is 0 Å². The highest BCUT2D eigenvalue weighted by Gasteiger charge is 2.36. The summed E-state index contributed by atoms with van der Waals surface area (Å²) in [5.74, 6) is 0.0851. The van der Waals surface area contributed by atoms with E-state index in [1.807, 2.05) is 57.2 Å². The lowest BCUT2D eigenvalue weighted by Crippen LogP contribution is -2.45. The maximum atomic E-state index is 13.5. The Morgan fingerprint density at radius 3 is 2.54 bits per heavy atom. The first-order valence-corrected chi connectivity index (χ1v) is 12.3. The molecule has 1 saturated heterocycles. The predicted octanol–water partition coefficient (Wildman–Crippen LogP) is 3.10. The van der Waals surface area contributed by atoms with Crippen molar-refractivity contribution in [2.24, 2.45) is 0 Å². The van der Waals surface area contributed by atoms with E-state index in [1.165, 1.54) is 5.56 Å². The van der Waals surface area contributed by atoms with Crippen LogP contribution in [0.15, 0.2) is 67.5 Å². The minimum atomic E-state index is 0.0308. The molecule has 0 saturated carbocycles. The van der Waals surface area contributed by atoms with Gasteiger partial charge in [-0.25, -0.2) is 4.98 Å². The fraction of sp³-hybridized carbons (Fsp3) is 0.407. The number of rotatable bonds is 4. The van der Waals surface area contributed by atoms with Crippen molar-refractivity contribution >= 4 is 17.5 Å². The number of para-hydroxylation sites is 1. The van der Waals surface area contributed by atoms with E-state index in [0.717, 1.165) is 37.1 Å². The smallest absolute Gasteiger partial charge is 0.242 e. The zero-order valence-electron chi connectivity index (χ0n) is 20.2. The molecule has 8 nitrogen and oxygen atoms in total. The molecule has 0 aliphatic carbocycles. The molecule has 0 unspecified atom stereocenters. The molecule has 1 aromatic carbocycles. The second-order valence-corrected chi connectivity index (χ2v) is 9.51. The summed E-state index contributed by atoms with van der Waals surface area (Å²) in [4.78, 5) is 40.9. The number of anilines is 1. The van der Waals surface area contributed by atoms with Crippen molar-refractivity contribution in [2.75, 3.05) is 18.0 Å². The van der Waals surface area contributed by atoms with Crippen molar-refractivity contribution in [3.8, 4) is 0 Å². The van der Waals surface area contributed by atoms with Gasteiger partial charge in [0.25, 0.3) is 0 Å². The van der Waals surface area contributed by atoms with Gasteiger partial charge in [0.2, 0.25) is 11.8 Å². The number of carbonyl (C=O) groups is 2.